The molecule has 4 nitrogen and oxygen atoms in total. The molecule has 0 saturated heterocycles. The van der Waals surface area contributed by atoms with Gasteiger partial charge in [0.05, 0.1) is 47.4 Å². The lowest BCUT2D eigenvalue weighted by molar-refractivity contribution is 1.18. The van der Waals surface area contributed by atoms with Crippen LogP contribution in [-0.4, -0.2) is 19.1 Å². The lowest BCUT2D eigenvalue weighted by Crippen LogP contribution is -1.96. The zero-order valence-electron chi connectivity index (χ0n) is 24.3. The molecule has 0 unspecified atom stereocenters. The highest BCUT2D eigenvalue weighted by Gasteiger charge is 2.27. The van der Waals surface area contributed by atoms with E-state index in [4.69, 9.17) is 4.98 Å². The van der Waals surface area contributed by atoms with Gasteiger partial charge in [0.15, 0.2) is 0 Å². The summed E-state index contributed by atoms with van der Waals surface area (Å²) in [6, 6.07) is 44.0. The highest BCUT2D eigenvalue weighted by molar-refractivity contribution is 7.27. The highest BCUT2D eigenvalue weighted by Crippen LogP contribution is 2.51. The van der Waals surface area contributed by atoms with Crippen molar-refractivity contribution in [1.82, 2.24) is 19.1 Å². The number of hydrogen-bond donors (Lipinski definition) is 0. The molecule has 11 rings (SSSR count). The second-order valence-electron chi connectivity index (χ2n) is 11.8. The van der Waals surface area contributed by atoms with Crippen molar-refractivity contribution in [3.63, 3.8) is 0 Å². The Kier molecular flexibility index (Phi) is 4.84. The smallest absolute Gasteiger partial charge is 0.116 e. The molecule has 6 heteroatoms. The van der Waals surface area contributed by atoms with Crippen LogP contribution >= 0.6 is 22.7 Å². The van der Waals surface area contributed by atoms with E-state index in [1.165, 1.54) is 79.6 Å². The molecule has 0 bridgehead atoms. The molecule has 0 spiro atoms. The molecule has 46 heavy (non-hydrogen) atoms. The molecule has 0 radical (unpaired) electrons. The van der Waals surface area contributed by atoms with Gasteiger partial charge in [-0.25, -0.2) is 9.97 Å². The Labute approximate surface area is 270 Å². The zero-order chi connectivity index (χ0) is 29.9. The fraction of sp³-hybridized carbons (Fsp3) is 0. The summed E-state index contributed by atoms with van der Waals surface area (Å²) in [6.45, 7) is 0. The topological polar surface area (TPSA) is 35.6 Å². The minimum Gasteiger partial charge on any atom is -0.309 e. The Hall–Kier alpha value is -5.56. The summed E-state index contributed by atoms with van der Waals surface area (Å²) >= 11 is 3.68. The van der Waals surface area contributed by atoms with Crippen LogP contribution in [0.1, 0.15) is 0 Å². The van der Waals surface area contributed by atoms with Crippen LogP contribution in [0.5, 0.6) is 0 Å². The number of aromatic nitrogens is 4. The summed E-state index contributed by atoms with van der Waals surface area (Å²) < 4.78 is 9.93. The first-order chi connectivity index (χ1) is 22.9. The SMILES string of the molecule is c1ccc(-n2c3ccccc3c3c4c5ncncc5sc4c4c(c5ccccc5n4-c4cccc5c4sc4ccccc45)c32)cc1. The molecular formula is C40H22N4S2. The first kappa shape index (κ1) is 24.7. The van der Waals surface area contributed by atoms with Gasteiger partial charge in [0.2, 0.25) is 0 Å². The van der Waals surface area contributed by atoms with Crippen LogP contribution in [0.3, 0.4) is 0 Å². The van der Waals surface area contributed by atoms with E-state index in [0.29, 0.717) is 0 Å². The molecule has 11 aromatic rings. The summed E-state index contributed by atoms with van der Waals surface area (Å²) in [6.07, 6.45) is 3.66. The predicted molar refractivity (Wildman–Crippen MR) is 196 cm³/mol. The molecule has 214 valence electrons. The normalized spacial score (nSPS) is 12.3. The molecule has 0 N–H and O–H groups in total. The van der Waals surface area contributed by atoms with Gasteiger partial charge < -0.3 is 9.13 Å². The third-order valence-electron chi connectivity index (χ3n) is 9.44. The third kappa shape index (κ3) is 3.07. The van der Waals surface area contributed by atoms with Gasteiger partial charge in [-0.2, -0.15) is 0 Å². The van der Waals surface area contributed by atoms with Crippen molar-refractivity contribution in [2.24, 2.45) is 0 Å². The van der Waals surface area contributed by atoms with Gasteiger partial charge >= 0.3 is 0 Å². The van der Waals surface area contributed by atoms with Crippen molar-refractivity contribution < 1.29 is 0 Å². The number of para-hydroxylation sites is 3. The van der Waals surface area contributed by atoms with Crippen molar-refractivity contribution in [2.75, 3.05) is 0 Å². The Morgan fingerprint density at radius 3 is 2.00 bits per heavy atom. The third-order valence-corrected chi connectivity index (χ3v) is 11.8. The van der Waals surface area contributed by atoms with Gasteiger partial charge in [0.1, 0.15) is 6.33 Å². The summed E-state index contributed by atoms with van der Waals surface area (Å²) in [5, 5.41) is 8.77. The average Bonchev–Trinajstić information content (AvgIpc) is 3.86. The molecule has 5 heterocycles. The van der Waals surface area contributed by atoms with Gasteiger partial charge in [-0.1, -0.05) is 84.9 Å². The second-order valence-corrected chi connectivity index (χ2v) is 13.9. The number of benzene rings is 6. The van der Waals surface area contributed by atoms with Gasteiger partial charge in [-0.15, -0.1) is 22.7 Å². The average molecular weight is 623 g/mol. The first-order valence-electron chi connectivity index (χ1n) is 15.3. The van der Waals surface area contributed by atoms with Gasteiger partial charge in [-0.3, -0.25) is 0 Å². The van der Waals surface area contributed by atoms with Crippen molar-refractivity contribution in [3.8, 4) is 11.4 Å². The number of hydrogen-bond acceptors (Lipinski definition) is 4. The van der Waals surface area contributed by atoms with Gasteiger partial charge in [-0.05, 0) is 36.4 Å². The van der Waals surface area contributed by atoms with Crippen LogP contribution in [0.4, 0.5) is 0 Å². The molecule has 0 saturated carbocycles. The van der Waals surface area contributed by atoms with Crippen LogP contribution < -0.4 is 0 Å². The molecule has 0 aliphatic rings. The van der Waals surface area contributed by atoms with E-state index in [0.717, 1.165) is 15.9 Å². The lowest BCUT2D eigenvalue weighted by atomic mass is 10.0. The lowest BCUT2D eigenvalue weighted by Gasteiger charge is -2.12. The summed E-state index contributed by atoms with van der Waals surface area (Å²) in [5.74, 6) is 0. The van der Waals surface area contributed by atoms with E-state index in [1.807, 2.05) is 17.5 Å². The number of nitrogens with zero attached hydrogens (tertiary/aromatic N) is 4. The van der Waals surface area contributed by atoms with Crippen LogP contribution in [0.15, 0.2) is 134 Å². The largest absolute Gasteiger partial charge is 0.309 e. The molecule has 5 aromatic heterocycles. The summed E-state index contributed by atoms with van der Waals surface area (Å²) in [5.41, 5.74) is 8.18. The fourth-order valence-electron chi connectivity index (χ4n) is 7.67. The van der Waals surface area contributed by atoms with Crippen molar-refractivity contribution >= 4 is 107 Å². The number of thiophene rings is 2. The van der Waals surface area contributed by atoms with Crippen LogP contribution in [0, 0.1) is 0 Å². The molecule has 0 atom stereocenters. The van der Waals surface area contributed by atoms with E-state index in [2.05, 4.69) is 135 Å². The minimum absolute atomic E-state index is 1.01. The fourth-order valence-corrected chi connectivity index (χ4v) is 10.1. The maximum Gasteiger partial charge on any atom is 0.116 e. The van der Waals surface area contributed by atoms with E-state index < -0.39 is 0 Å². The summed E-state index contributed by atoms with van der Waals surface area (Å²) in [4.78, 5) is 9.39. The first-order valence-corrected chi connectivity index (χ1v) is 17.0. The Bertz CT molecular complexity index is 3030. The summed E-state index contributed by atoms with van der Waals surface area (Å²) in [7, 11) is 0. The monoisotopic (exact) mass is 622 g/mol. The Balaban J connectivity index is 1.48. The van der Waals surface area contributed by atoms with E-state index in [-0.39, 0.29) is 0 Å². The second kappa shape index (κ2) is 9.01. The number of fused-ring (bicyclic) bond motifs is 15. The Morgan fingerprint density at radius 2 is 1.15 bits per heavy atom. The standard InChI is InChI=1S/C40H22N4S2/c1-2-11-23(12-3-1)43-28-17-7-4-14-26(28)33-35-36-32(21-41-22-42-36)46-40(35)38-34(37(33)43)27-15-5-8-18-29(27)44(38)30-19-10-16-25-24-13-6-9-20-31(24)45-39(25)30/h1-22H. The van der Waals surface area contributed by atoms with Crippen LogP contribution in [-0.2, 0) is 0 Å². The van der Waals surface area contributed by atoms with Crippen molar-refractivity contribution in [3.05, 3.63) is 134 Å². The Morgan fingerprint density at radius 1 is 0.478 bits per heavy atom. The van der Waals surface area contributed by atoms with Crippen molar-refractivity contribution in [1.29, 1.82) is 0 Å². The van der Waals surface area contributed by atoms with E-state index in [1.54, 1.807) is 17.7 Å². The van der Waals surface area contributed by atoms with Gasteiger partial charge in [0.25, 0.3) is 0 Å². The molecule has 0 amide bonds. The molecular weight excluding hydrogens is 601 g/mol. The highest BCUT2D eigenvalue weighted by atomic mass is 32.1. The molecule has 0 aliphatic carbocycles. The molecule has 6 aromatic carbocycles. The number of rotatable bonds is 2. The van der Waals surface area contributed by atoms with Crippen molar-refractivity contribution in [2.45, 2.75) is 0 Å². The quantitative estimate of drug-likeness (QED) is 0.192. The van der Waals surface area contributed by atoms with Crippen LogP contribution in [0.2, 0.25) is 0 Å². The maximum atomic E-state index is 4.93. The van der Waals surface area contributed by atoms with Gasteiger partial charge in [0, 0.05) is 54.3 Å². The maximum absolute atomic E-state index is 4.93. The van der Waals surface area contributed by atoms with E-state index in [9.17, 15) is 0 Å². The zero-order valence-corrected chi connectivity index (χ0v) is 25.9. The minimum atomic E-state index is 1.01. The van der Waals surface area contributed by atoms with E-state index >= 15 is 0 Å². The molecule has 0 fully saturated rings. The molecule has 0 aliphatic heterocycles. The van der Waals surface area contributed by atoms with Crippen LogP contribution in [0.25, 0.3) is 95.5 Å². The predicted octanol–water partition coefficient (Wildman–Crippen LogP) is 11.4.